The predicted octanol–water partition coefficient (Wildman–Crippen LogP) is 6.72. The van der Waals surface area contributed by atoms with Crippen molar-refractivity contribution in [3.05, 3.63) is 176 Å². The second-order valence-corrected chi connectivity index (χ2v) is 20.2. The van der Waals surface area contributed by atoms with Crippen LogP contribution in [0.4, 0.5) is 5.13 Å². The summed E-state index contributed by atoms with van der Waals surface area (Å²) in [5.74, 6) is -5.20. The van der Waals surface area contributed by atoms with Gasteiger partial charge in [0.1, 0.15) is 33.9 Å². The number of fused-ring (bicyclic) bond motifs is 1. The number of pyridine rings is 1. The lowest BCUT2D eigenvalue weighted by Crippen LogP contribution is -2.71. The van der Waals surface area contributed by atoms with Gasteiger partial charge >= 0.3 is 17.9 Å². The number of nitrogens with one attached hydrogen (secondary N) is 3. The maximum Gasteiger partial charge on any atom is 0.355 e. The molecule has 8 rings (SSSR count). The van der Waals surface area contributed by atoms with E-state index in [9.17, 15) is 39.0 Å². The van der Waals surface area contributed by atoms with Gasteiger partial charge in [-0.05, 0) is 49.1 Å². The summed E-state index contributed by atoms with van der Waals surface area (Å²) >= 11 is 4.15. The van der Waals surface area contributed by atoms with Gasteiger partial charge in [-0.15, -0.1) is 34.9 Å². The standard InChI is InChI=1S/C47H41N7O10S4/c1-46(2,3)63-43(62)36(26-14-13-21-48-22-26)64-52-33(31-25-67-45(49-31)51-47(28-15-7-4-8-16-28,29-17-9-5-10-18-29)30-19-11-6-12-20-30)38(56)50-34-39(57)54-35(42(60)61)27(23-65-40(34)54)24-66-44-32(41(58)59)37(55)53-68-44/h4-22,25,34,36,40H,23-24H2,1-3H3,(H,49,51)(H,50,56)(H,53,55)(H,58,59)(H,60,61)/b52-33-/t34-,36-,40+/m1/s1. The summed E-state index contributed by atoms with van der Waals surface area (Å²) in [6.07, 6.45) is 1.42. The molecule has 1 saturated heterocycles. The Bertz CT molecular complexity index is 2880. The quantitative estimate of drug-likeness (QED) is 0.0159. The van der Waals surface area contributed by atoms with E-state index in [0.29, 0.717) is 10.7 Å². The Labute approximate surface area is 404 Å². The zero-order valence-corrected chi connectivity index (χ0v) is 39.5. The number of rotatable bonds is 17. The van der Waals surface area contributed by atoms with E-state index in [-0.39, 0.29) is 32.7 Å². The van der Waals surface area contributed by atoms with E-state index in [0.717, 1.165) is 44.9 Å². The Hall–Kier alpha value is -7.07. The number of aromatic amines is 1. The topological polar surface area (TPSA) is 243 Å². The Kier molecular flexibility index (Phi) is 14.0. The number of amides is 2. The average Bonchev–Trinajstić information content (AvgIpc) is 3.96. The largest absolute Gasteiger partial charge is 0.477 e. The SMILES string of the molecule is CC(C)(C)OC(=O)[C@H](O/N=C(\C(=O)N[C@@H]1C(=O)N2C(C(=O)O)=C(CSc3s[nH]c(=O)c3C(=O)O)CS[C@@H]12)c1csc(NC(c2ccccc2)(c2ccccc2)c2ccccc2)n1)c1cccnc1. The van der Waals surface area contributed by atoms with E-state index in [2.05, 4.69) is 25.1 Å². The van der Waals surface area contributed by atoms with Crippen molar-refractivity contribution in [3.63, 3.8) is 0 Å². The molecule has 2 amide bonds. The molecule has 68 heavy (non-hydrogen) atoms. The van der Waals surface area contributed by atoms with Gasteiger partial charge in [-0.1, -0.05) is 114 Å². The van der Waals surface area contributed by atoms with Gasteiger partial charge in [-0.25, -0.2) is 19.4 Å². The molecule has 1 fully saturated rings. The molecule has 0 saturated carbocycles. The molecule has 0 bridgehead atoms. The van der Waals surface area contributed by atoms with Crippen LogP contribution in [0.3, 0.4) is 0 Å². The minimum Gasteiger partial charge on any atom is -0.477 e. The number of thiazole rings is 1. The Morgan fingerprint density at radius 1 is 0.912 bits per heavy atom. The van der Waals surface area contributed by atoms with Crippen LogP contribution in [0.25, 0.3) is 0 Å². The van der Waals surface area contributed by atoms with Crippen LogP contribution >= 0.6 is 46.4 Å². The fourth-order valence-corrected chi connectivity index (χ4v) is 11.7. The summed E-state index contributed by atoms with van der Waals surface area (Å²) in [5.41, 5.74) is -0.579. The number of esters is 1. The molecule has 0 aliphatic carbocycles. The average molecular weight is 992 g/mol. The summed E-state index contributed by atoms with van der Waals surface area (Å²) < 4.78 is 8.20. The molecule has 348 valence electrons. The number of nitrogens with zero attached hydrogens (tertiary/aromatic N) is 4. The summed E-state index contributed by atoms with van der Waals surface area (Å²) in [7, 11) is 0. The zero-order valence-electron chi connectivity index (χ0n) is 36.3. The maximum absolute atomic E-state index is 14.6. The molecule has 5 N–H and O–H groups in total. The number of aromatic carboxylic acids is 1. The second kappa shape index (κ2) is 20.0. The molecule has 3 aromatic heterocycles. The third-order valence-corrected chi connectivity index (χ3v) is 14.9. The summed E-state index contributed by atoms with van der Waals surface area (Å²) in [6.45, 7) is 5.06. The fraction of sp³-hybridized carbons (Fsp3) is 0.213. The molecule has 17 nitrogen and oxygen atoms in total. The number of ether oxygens (including phenoxy) is 1. The van der Waals surface area contributed by atoms with Gasteiger partial charge in [0.15, 0.2) is 16.4 Å². The molecule has 6 aromatic rings. The van der Waals surface area contributed by atoms with E-state index < -0.39 is 75.2 Å². The van der Waals surface area contributed by atoms with Crippen molar-refractivity contribution in [2.24, 2.45) is 5.16 Å². The third-order valence-electron chi connectivity index (χ3n) is 10.5. The van der Waals surface area contributed by atoms with Crippen LogP contribution in [0.5, 0.6) is 0 Å². The van der Waals surface area contributed by atoms with Gasteiger partial charge in [0.25, 0.3) is 17.4 Å². The molecule has 2 aliphatic heterocycles. The van der Waals surface area contributed by atoms with Crippen molar-refractivity contribution in [3.8, 4) is 0 Å². The number of hydrogen-bond donors (Lipinski definition) is 5. The number of hydrogen-bond acceptors (Lipinski definition) is 16. The summed E-state index contributed by atoms with van der Waals surface area (Å²) in [5, 5.41) is 31.6. The Morgan fingerprint density at radius 3 is 2.10 bits per heavy atom. The van der Waals surface area contributed by atoms with Crippen molar-refractivity contribution in [2.75, 3.05) is 16.8 Å². The molecule has 0 spiro atoms. The zero-order chi connectivity index (χ0) is 48.2. The van der Waals surface area contributed by atoms with E-state index in [1.165, 1.54) is 35.5 Å². The van der Waals surface area contributed by atoms with Gasteiger partial charge in [0.2, 0.25) is 6.10 Å². The highest BCUT2D eigenvalue weighted by atomic mass is 32.2. The van der Waals surface area contributed by atoms with Crippen LogP contribution < -0.4 is 16.2 Å². The van der Waals surface area contributed by atoms with Gasteiger partial charge < -0.3 is 30.4 Å². The van der Waals surface area contributed by atoms with Gasteiger partial charge in [-0.3, -0.25) is 28.6 Å². The number of oxime groups is 1. The monoisotopic (exact) mass is 991 g/mol. The van der Waals surface area contributed by atoms with Crippen LogP contribution in [0.2, 0.25) is 0 Å². The number of β-lactam (4-membered cyclic amide) rings is 1. The number of benzene rings is 3. The smallest absolute Gasteiger partial charge is 0.355 e. The number of H-pyrrole nitrogens is 1. The first-order valence-corrected chi connectivity index (χ1v) is 24.4. The second-order valence-electron chi connectivity index (χ2n) is 16.2. The van der Waals surface area contributed by atoms with Gasteiger partial charge in [-0.2, -0.15) is 0 Å². The lowest BCUT2D eigenvalue weighted by Gasteiger charge is -2.49. The molecule has 21 heteroatoms. The van der Waals surface area contributed by atoms with Crippen molar-refractivity contribution in [1.82, 2.24) is 24.6 Å². The molecule has 2 aliphatic rings. The van der Waals surface area contributed by atoms with Crippen LogP contribution in [-0.4, -0.2) is 93.4 Å². The Balaban J connectivity index is 1.14. The normalized spacial score (nSPS) is 16.5. The van der Waals surface area contributed by atoms with Crippen LogP contribution in [0, 0.1) is 0 Å². The molecular weight excluding hydrogens is 951 g/mol. The summed E-state index contributed by atoms with van der Waals surface area (Å²) in [4.78, 5) is 94.6. The maximum atomic E-state index is 14.6. The fourth-order valence-electron chi connectivity index (χ4n) is 7.55. The van der Waals surface area contributed by atoms with Crippen LogP contribution in [-0.2, 0) is 34.3 Å². The highest BCUT2D eigenvalue weighted by Gasteiger charge is 2.54. The number of carbonyl (C=O) groups is 5. The number of thioether (sulfide) groups is 2. The highest BCUT2D eigenvalue weighted by molar-refractivity contribution is 8.02. The number of anilines is 1. The first kappa shape index (κ1) is 47.4. The lowest BCUT2D eigenvalue weighted by molar-refractivity contribution is -0.169. The van der Waals surface area contributed by atoms with Crippen molar-refractivity contribution < 1.29 is 43.8 Å². The van der Waals surface area contributed by atoms with Crippen LogP contribution in [0.15, 0.2) is 146 Å². The molecule has 0 unspecified atom stereocenters. The minimum atomic E-state index is -1.49. The number of carboxylic acid groups (broad SMARTS) is 2. The number of carboxylic acids is 2. The minimum absolute atomic E-state index is 0.0188. The first-order chi connectivity index (χ1) is 32.7. The number of aromatic nitrogens is 3. The first-order valence-electron chi connectivity index (χ1n) is 20.7. The van der Waals surface area contributed by atoms with Gasteiger partial charge in [0, 0.05) is 34.8 Å². The Morgan fingerprint density at radius 2 is 1.54 bits per heavy atom. The van der Waals surface area contributed by atoms with Crippen molar-refractivity contribution in [1.29, 1.82) is 0 Å². The van der Waals surface area contributed by atoms with E-state index in [1.807, 2.05) is 91.0 Å². The van der Waals surface area contributed by atoms with Crippen LogP contribution in [0.1, 0.15) is 65.2 Å². The number of carbonyl (C=O) groups excluding carboxylic acids is 3. The number of aliphatic carboxylic acids is 1. The molecule has 5 heterocycles. The van der Waals surface area contributed by atoms with Gasteiger partial charge in [0.05, 0.1) is 4.21 Å². The lowest BCUT2D eigenvalue weighted by atomic mass is 9.77. The van der Waals surface area contributed by atoms with E-state index in [1.54, 1.807) is 38.3 Å². The molecule has 3 aromatic carbocycles. The predicted molar refractivity (Wildman–Crippen MR) is 258 cm³/mol. The highest BCUT2D eigenvalue weighted by Crippen LogP contribution is 2.43. The van der Waals surface area contributed by atoms with Crippen molar-refractivity contribution in [2.45, 2.75) is 53.6 Å². The summed E-state index contributed by atoms with van der Waals surface area (Å²) in [6, 6.07) is 31.4. The molecule has 3 atom stereocenters. The van der Waals surface area contributed by atoms with Crippen molar-refractivity contribution >= 4 is 87.0 Å². The molecular formula is C47H41N7O10S4. The van der Waals surface area contributed by atoms with E-state index in [4.69, 9.17) is 14.6 Å². The molecule has 0 radical (unpaired) electrons. The van der Waals surface area contributed by atoms with E-state index >= 15 is 0 Å². The third kappa shape index (κ3) is 9.82.